The standard InChI is InChI=1S/2C8H13N/c2*1-3-4-5-8(2)6-7-9/h2*3-4,8H,5-6H2,1-2H3. The van der Waals surface area contributed by atoms with E-state index < -0.39 is 0 Å². The molecule has 0 heterocycles. The van der Waals surface area contributed by atoms with E-state index in [1.54, 1.807) is 0 Å². The Kier molecular flexibility index (Phi) is 16.2. The molecule has 0 aromatic rings. The molecular weight excluding hydrogens is 220 g/mol. The fraction of sp³-hybridized carbons (Fsp3) is 0.625. The first kappa shape index (κ1) is 18.8. The van der Waals surface area contributed by atoms with E-state index in [-0.39, 0.29) is 0 Å². The van der Waals surface area contributed by atoms with Crippen molar-refractivity contribution in [1.82, 2.24) is 0 Å². The van der Waals surface area contributed by atoms with Crippen molar-refractivity contribution in [2.24, 2.45) is 11.8 Å². The van der Waals surface area contributed by atoms with Crippen molar-refractivity contribution in [3.05, 3.63) is 24.3 Å². The first-order valence-corrected chi connectivity index (χ1v) is 6.58. The highest BCUT2D eigenvalue weighted by molar-refractivity contribution is 4.83. The maximum atomic E-state index is 8.26. The molecule has 0 aromatic heterocycles. The molecule has 0 amide bonds. The molecule has 0 aromatic carbocycles. The van der Waals surface area contributed by atoms with E-state index in [0.717, 1.165) is 12.8 Å². The summed E-state index contributed by atoms with van der Waals surface area (Å²) in [6.07, 6.45) is 11.6. The van der Waals surface area contributed by atoms with Crippen LogP contribution in [0.1, 0.15) is 53.4 Å². The van der Waals surface area contributed by atoms with Crippen LogP contribution in [-0.2, 0) is 0 Å². The van der Waals surface area contributed by atoms with Gasteiger partial charge < -0.3 is 0 Å². The third-order valence-electron chi connectivity index (χ3n) is 2.43. The Bertz CT molecular complexity index is 270. The summed E-state index contributed by atoms with van der Waals surface area (Å²) in [6, 6.07) is 4.28. The maximum Gasteiger partial charge on any atom is 0.0624 e. The lowest BCUT2D eigenvalue weighted by molar-refractivity contribution is 0.609. The minimum absolute atomic E-state index is 0.520. The van der Waals surface area contributed by atoms with Gasteiger partial charge in [0.15, 0.2) is 0 Å². The number of hydrogen-bond acceptors (Lipinski definition) is 2. The molecule has 0 aliphatic heterocycles. The van der Waals surface area contributed by atoms with Crippen molar-refractivity contribution in [3.63, 3.8) is 0 Å². The second kappa shape index (κ2) is 15.5. The number of nitrogens with zero attached hydrogens (tertiary/aromatic N) is 2. The summed E-state index contributed by atoms with van der Waals surface area (Å²) < 4.78 is 0. The molecule has 0 spiro atoms. The van der Waals surface area contributed by atoms with Gasteiger partial charge in [-0.15, -0.1) is 0 Å². The van der Waals surface area contributed by atoms with E-state index >= 15 is 0 Å². The molecule has 0 fully saturated rings. The monoisotopic (exact) mass is 246 g/mol. The summed E-state index contributed by atoms with van der Waals surface area (Å²) in [7, 11) is 0. The van der Waals surface area contributed by atoms with Crippen LogP contribution in [0, 0.1) is 34.5 Å². The summed E-state index contributed by atoms with van der Waals surface area (Å²) in [4.78, 5) is 0. The zero-order valence-electron chi connectivity index (χ0n) is 12.2. The molecule has 2 unspecified atom stereocenters. The lowest BCUT2D eigenvalue weighted by atomic mass is 10.1. The molecule has 0 saturated heterocycles. The van der Waals surface area contributed by atoms with Crippen molar-refractivity contribution < 1.29 is 0 Å². The van der Waals surface area contributed by atoms with Crippen LogP contribution in [0.25, 0.3) is 0 Å². The van der Waals surface area contributed by atoms with Crippen LogP contribution >= 0.6 is 0 Å². The summed E-state index contributed by atoms with van der Waals surface area (Å²) in [5.74, 6) is 1.04. The summed E-state index contributed by atoms with van der Waals surface area (Å²) >= 11 is 0. The molecule has 0 rings (SSSR count). The van der Waals surface area contributed by atoms with Gasteiger partial charge in [-0.05, 0) is 38.5 Å². The van der Waals surface area contributed by atoms with E-state index in [2.05, 4.69) is 38.1 Å². The highest BCUT2D eigenvalue weighted by Gasteiger charge is 1.95. The van der Waals surface area contributed by atoms with Gasteiger partial charge in [0.25, 0.3) is 0 Å². The van der Waals surface area contributed by atoms with Gasteiger partial charge in [-0.1, -0.05) is 38.2 Å². The predicted octanol–water partition coefficient (Wildman–Crippen LogP) is 5.00. The fourth-order valence-electron chi connectivity index (χ4n) is 1.22. The van der Waals surface area contributed by atoms with Gasteiger partial charge in [-0.2, -0.15) is 10.5 Å². The largest absolute Gasteiger partial charge is 0.198 e. The van der Waals surface area contributed by atoms with Crippen LogP contribution in [-0.4, -0.2) is 0 Å². The molecule has 18 heavy (non-hydrogen) atoms. The number of nitriles is 2. The van der Waals surface area contributed by atoms with E-state index in [9.17, 15) is 0 Å². The average molecular weight is 246 g/mol. The van der Waals surface area contributed by atoms with Gasteiger partial charge in [-0.25, -0.2) is 0 Å². The topological polar surface area (TPSA) is 47.6 Å². The predicted molar refractivity (Wildman–Crippen MR) is 77.7 cm³/mol. The second-order valence-corrected chi connectivity index (χ2v) is 4.54. The number of allylic oxidation sites excluding steroid dienone is 4. The Hall–Kier alpha value is -1.54. The Labute approximate surface area is 113 Å². The zero-order chi connectivity index (χ0) is 14.2. The average Bonchev–Trinajstić information content (AvgIpc) is 2.35. The van der Waals surface area contributed by atoms with Crippen molar-refractivity contribution >= 4 is 0 Å². The highest BCUT2D eigenvalue weighted by atomic mass is 14.2. The van der Waals surface area contributed by atoms with Gasteiger partial charge in [0.1, 0.15) is 0 Å². The summed E-state index contributed by atoms with van der Waals surface area (Å²) in [5, 5.41) is 16.5. The van der Waals surface area contributed by atoms with Crippen LogP contribution in [0.4, 0.5) is 0 Å². The van der Waals surface area contributed by atoms with Crippen LogP contribution < -0.4 is 0 Å². The van der Waals surface area contributed by atoms with Crippen molar-refractivity contribution in [1.29, 1.82) is 10.5 Å². The highest BCUT2D eigenvalue weighted by Crippen LogP contribution is 2.06. The van der Waals surface area contributed by atoms with Crippen molar-refractivity contribution in [2.75, 3.05) is 0 Å². The Morgan fingerprint density at radius 2 is 1.17 bits per heavy atom. The molecule has 0 N–H and O–H groups in total. The van der Waals surface area contributed by atoms with E-state index in [4.69, 9.17) is 10.5 Å². The number of rotatable bonds is 6. The molecule has 2 nitrogen and oxygen atoms in total. The van der Waals surface area contributed by atoms with E-state index in [1.807, 2.05) is 26.0 Å². The van der Waals surface area contributed by atoms with Crippen molar-refractivity contribution in [3.8, 4) is 12.1 Å². The van der Waals surface area contributed by atoms with Crippen molar-refractivity contribution in [2.45, 2.75) is 53.4 Å². The molecule has 2 heteroatoms. The summed E-state index contributed by atoms with van der Waals surface area (Å²) in [5.41, 5.74) is 0. The third kappa shape index (κ3) is 16.9. The zero-order valence-corrected chi connectivity index (χ0v) is 12.2. The fourth-order valence-corrected chi connectivity index (χ4v) is 1.22. The van der Waals surface area contributed by atoms with Crippen LogP contribution in [0.3, 0.4) is 0 Å². The molecular formula is C16H26N2. The quantitative estimate of drug-likeness (QED) is 0.619. The molecule has 0 bridgehead atoms. The molecule has 0 radical (unpaired) electrons. The van der Waals surface area contributed by atoms with E-state index in [1.165, 1.54) is 0 Å². The molecule has 2 atom stereocenters. The molecule has 100 valence electrons. The minimum atomic E-state index is 0.520. The van der Waals surface area contributed by atoms with Gasteiger partial charge in [0, 0.05) is 12.8 Å². The minimum Gasteiger partial charge on any atom is -0.198 e. The van der Waals surface area contributed by atoms with Gasteiger partial charge in [-0.3, -0.25) is 0 Å². The van der Waals surface area contributed by atoms with E-state index in [0.29, 0.717) is 24.7 Å². The van der Waals surface area contributed by atoms with Crippen LogP contribution in [0.5, 0.6) is 0 Å². The smallest absolute Gasteiger partial charge is 0.0624 e. The first-order valence-electron chi connectivity index (χ1n) is 6.58. The van der Waals surface area contributed by atoms with Gasteiger partial charge in [0.05, 0.1) is 12.1 Å². The lowest BCUT2D eigenvalue weighted by Gasteiger charge is -1.99. The third-order valence-corrected chi connectivity index (χ3v) is 2.43. The van der Waals surface area contributed by atoms with Crippen LogP contribution in [0.2, 0.25) is 0 Å². The first-order chi connectivity index (χ1) is 8.62. The normalized spacial score (nSPS) is 13.4. The van der Waals surface area contributed by atoms with Gasteiger partial charge in [0.2, 0.25) is 0 Å². The Morgan fingerprint density at radius 1 is 0.833 bits per heavy atom. The SMILES string of the molecule is CC=CCC(C)CC#N.CC=CCC(C)CC#N. The maximum absolute atomic E-state index is 8.26. The van der Waals surface area contributed by atoms with Crippen LogP contribution in [0.15, 0.2) is 24.3 Å². The summed E-state index contributed by atoms with van der Waals surface area (Å²) in [6.45, 7) is 8.17. The Balaban J connectivity index is 0. The molecule has 0 aliphatic carbocycles. The number of hydrogen-bond donors (Lipinski definition) is 0. The Morgan fingerprint density at radius 3 is 1.39 bits per heavy atom. The molecule has 0 saturated carbocycles. The second-order valence-electron chi connectivity index (χ2n) is 4.54. The lowest BCUT2D eigenvalue weighted by Crippen LogP contribution is -1.88. The molecule has 0 aliphatic rings. The van der Waals surface area contributed by atoms with Gasteiger partial charge >= 0.3 is 0 Å².